The number of benzene rings is 1. The molecule has 1 fully saturated rings. The number of aliphatic hydroxyl groups excluding tert-OH is 1. The molecule has 0 aromatic heterocycles. The Bertz CT molecular complexity index is 427. The lowest BCUT2D eigenvalue weighted by atomic mass is 9.59. The molecule has 17 heavy (non-hydrogen) atoms. The second kappa shape index (κ2) is 4.87. The molecule has 3 nitrogen and oxygen atoms in total. The van der Waals surface area contributed by atoms with Crippen LogP contribution in [-0.2, 0) is 0 Å². The Kier molecular flexibility index (Phi) is 3.46. The van der Waals surface area contributed by atoms with Gasteiger partial charge in [-0.1, -0.05) is 18.6 Å². The van der Waals surface area contributed by atoms with Crippen molar-refractivity contribution in [1.29, 1.82) is 5.26 Å². The summed E-state index contributed by atoms with van der Waals surface area (Å²) in [7, 11) is 0. The minimum Gasteiger partial charge on any atom is -0.396 e. The van der Waals surface area contributed by atoms with Crippen LogP contribution in [0.25, 0.3) is 0 Å². The van der Waals surface area contributed by atoms with E-state index in [9.17, 15) is 5.11 Å². The summed E-state index contributed by atoms with van der Waals surface area (Å²) in [6.07, 6.45) is 3.22. The number of nitrogens with zero attached hydrogens (tertiary/aromatic N) is 1. The van der Waals surface area contributed by atoms with E-state index in [-0.39, 0.29) is 17.9 Å². The standard InChI is InChI=1S/C14H18N2O/c15-8-11-3-1-4-12(7-11)13(9-16)14(10-17)5-2-6-14/h1,3-4,7,13,17H,2,5-6,9-10,16H2. The molecule has 1 aliphatic rings. The first-order valence-corrected chi connectivity index (χ1v) is 6.07. The predicted molar refractivity (Wildman–Crippen MR) is 66.3 cm³/mol. The summed E-state index contributed by atoms with van der Waals surface area (Å²) in [6.45, 7) is 0.709. The van der Waals surface area contributed by atoms with Gasteiger partial charge in [0.15, 0.2) is 0 Å². The topological polar surface area (TPSA) is 70.0 Å². The Morgan fingerprint density at radius 1 is 1.47 bits per heavy atom. The van der Waals surface area contributed by atoms with Crippen molar-refractivity contribution < 1.29 is 5.11 Å². The SMILES string of the molecule is N#Cc1cccc(C(CN)C2(CO)CCC2)c1. The van der Waals surface area contributed by atoms with Crippen LogP contribution >= 0.6 is 0 Å². The van der Waals surface area contributed by atoms with Crippen LogP contribution < -0.4 is 5.73 Å². The second-order valence-corrected chi connectivity index (χ2v) is 4.90. The van der Waals surface area contributed by atoms with Crippen molar-refractivity contribution in [2.45, 2.75) is 25.2 Å². The van der Waals surface area contributed by atoms with Crippen molar-refractivity contribution in [1.82, 2.24) is 0 Å². The molecule has 1 aliphatic carbocycles. The molecule has 0 bridgehead atoms. The molecule has 0 amide bonds. The summed E-state index contributed by atoms with van der Waals surface area (Å²) >= 11 is 0. The maximum absolute atomic E-state index is 9.61. The zero-order valence-corrected chi connectivity index (χ0v) is 9.89. The highest BCUT2D eigenvalue weighted by Gasteiger charge is 2.43. The molecular formula is C14H18N2O. The van der Waals surface area contributed by atoms with E-state index in [2.05, 4.69) is 6.07 Å². The summed E-state index contributed by atoms with van der Waals surface area (Å²) in [5.74, 6) is 0.162. The van der Waals surface area contributed by atoms with Crippen molar-refractivity contribution in [2.75, 3.05) is 13.2 Å². The van der Waals surface area contributed by atoms with E-state index in [0.29, 0.717) is 12.1 Å². The van der Waals surface area contributed by atoms with Gasteiger partial charge in [0, 0.05) is 17.9 Å². The van der Waals surface area contributed by atoms with Gasteiger partial charge in [0.2, 0.25) is 0 Å². The van der Waals surface area contributed by atoms with Crippen LogP contribution in [0.5, 0.6) is 0 Å². The Morgan fingerprint density at radius 2 is 2.24 bits per heavy atom. The molecule has 3 heteroatoms. The summed E-state index contributed by atoms with van der Waals surface area (Å²) in [5.41, 5.74) is 7.56. The van der Waals surface area contributed by atoms with Crippen LogP contribution in [0.3, 0.4) is 0 Å². The zero-order chi connectivity index (χ0) is 12.3. The molecule has 0 spiro atoms. The highest BCUT2D eigenvalue weighted by Crippen LogP contribution is 2.50. The fraction of sp³-hybridized carbons (Fsp3) is 0.500. The monoisotopic (exact) mass is 230 g/mol. The lowest BCUT2D eigenvalue weighted by molar-refractivity contribution is 0.0192. The highest BCUT2D eigenvalue weighted by atomic mass is 16.3. The number of hydrogen-bond acceptors (Lipinski definition) is 3. The first-order valence-electron chi connectivity index (χ1n) is 6.07. The van der Waals surface area contributed by atoms with Gasteiger partial charge in [-0.2, -0.15) is 5.26 Å². The molecule has 0 radical (unpaired) electrons. The minimum absolute atomic E-state index is 0.0527. The fourth-order valence-electron chi connectivity index (χ4n) is 2.81. The van der Waals surface area contributed by atoms with Gasteiger partial charge in [0.25, 0.3) is 0 Å². The maximum atomic E-state index is 9.61. The number of nitrogens with two attached hydrogens (primary N) is 1. The first kappa shape index (κ1) is 12.1. The van der Waals surface area contributed by atoms with Gasteiger partial charge in [-0.3, -0.25) is 0 Å². The molecule has 1 saturated carbocycles. The van der Waals surface area contributed by atoms with Crippen LogP contribution in [0.2, 0.25) is 0 Å². The quantitative estimate of drug-likeness (QED) is 0.828. The van der Waals surface area contributed by atoms with Crippen molar-refractivity contribution >= 4 is 0 Å². The molecule has 1 aromatic rings. The number of aliphatic hydroxyl groups is 1. The van der Waals surface area contributed by atoms with Gasteiger partial charge in [-0.25, -0.2) is 0 Å². The molecule has 90 valence electrons. The van der Waals surface area contributed by atoms with Gasteiger partial charge in [-0.15, -0.1) is 0 Å². The Morgan fingerprint density at radius 3 is 2.71 bits per heavy atom. The summed E-state index contributed by atoms with van der Waals surface area (Å²) < 4.78 is 0. The summed E-state index contributed by atoms with van der Waals surface area (Å²) in [5, 5.41) is 18.5. The Labute approximate surface area is 102 Å². The van der Waals surface area contributed by atoms with E-state index in [1.807, 2.05) is 18.2 Å². The van der Waals surface area contributed by atoms with Gasteiger partial charge < -0.3 is 10.8 Å². The third kappa shape index (κ3) is 2.06. The lowest BCUT2D eigenvalue weighted by Crippen LogP contribution is -2.42. The van der Waals surface area contributed by atoms with Gasteiger partial charge in [0.1, 0.15) is 0 Å². The third-order valence-corrected chi connectivity index (χ3v) is 4.06. The van der Waals surface area contributed by atoms with Crippen LogP contribution in [0.15, 0.2) is 24.3 Å². The van der Waals surface area contributed by atoms with Crippen molar-refractivity contribution in [3.05, 3.63) is 35.4 Å². The average molecular weight is 230 g/mol. The predicted octanol–water partition coefficient (Wildman–Crippen LogP) is 1.76. The number of nitriles is 1. The summed E-state index contributed by atoms with van der Waals surface area (Å²) in [6, 6.07) is 9.74. The van der Waals surface area contributed by atoms with Crippen LogP contribution in [-0.4, -0.2) is 18.3 Å². The maximum Gasteiger partial charge on any atom is 0.0991 e. The van der Waals surface area contributed by atoms with Gasteiger partial charge in [0.05, 0.1) is 11.6 Å². The molecular weight excluding hydrogens is 212 g/mol. The molecule has 1 atom stereocenters. The first-order chi connectivity index (χ1) is 8.25. The summed E-state index contributed by atoms with van der Waals surface area (Å²) in [4.78, 5) is 0. The Hall–Kier alpha value is -1.37. The van der Waals surface area contributed by atoms with Crippen molar-refractivity contribution in [2.24, 2.45) is 11.1 Å². The molecule has 3 N–H and O–H groups in total. The van der Waals surface area contributed by atoms with Crippen LogP contribution in [0, 0.1) is 16.7 Å². The second-order valence-electron chi connectivity index (χ2n) is 4.90. The molecule has 0 aliphatic heterocycles. The van der Waals surface area contributed by atoms with E-state index in [0.717, 1.165) is 24.8 Å². The lowest BCUT2D eigenvalue weighted by Gasteiger charge is -2.46. The smallest absolute Gasteiger partial charge is 0.0991 e. The van der Waals surface area contributed by atoms with Gasteiger partial charge in [-0.05, 0) is 37.1 Å². The Balaban J connectivity index is 2.32. The van der Waals surface area contributed by atoms with Crippen LogP contribution in [0.4, 0.5) is 0 Å². The zero-order valence-electron chi connectivity index (χ0n) is 9.89. The highest BCUT2D eigenvalue weighted by molar-refractivity contribution is 5.35. The van der Waals surface area contributed by atoms with E-state index >= 15 is 0 Å². The third-order valence-electron chi connectivity index (χ3n) is 4.06. The molecule has 1 aromatic carbocycles. The van der Waals surface area contributed by atoms with Crippen molar-refractivity contribution in [3.63, 3.8) is 0 Å². The fourth-order valence-corrected chi connectivity index (χ4v) is 2.81. The van der Waals surface area contributed by atoms with E-state index in [1.165, 1.54) is 0 Å². The van der Waals surface area contributed by atoms with Gasteiger partial charge >= 0.3 is 0 Å². The largest absolute Gasteiger partial charge is 0.396 e. The minimum atomic E-state index is -0.0527. The van der Waals surface area contributed by atoms with E-state index in [4.69, 9.17) is 11.0 Å². The molecule has 0 heterocycles. The normalized spacial score (nSPS) is 19.1. The van der Waals surface area contributed by atoms with Crippen molar-refractivity contribution in [3.8, 4) is 6.07 Å². The number of hydrogen-bond donors (Lipinski definition) is 2. The molecule has 1 unspecified atom stereocenters. The van der Waals surface area contributed by atoms with E-state index < -0.39 is 0 Å². The van der Waals surface area contributed by atoms with Crippen LogP contribution in [0.1, 0.15) is 36.3 Å². The van der Waals surface area contributed by atoms with E-state index in [1.54, 1.807) is 6.07 Å². The number of rotatable bonds is 4. The molecule has 0 saturated heterocycles. The average Bonchev–Trinajstić information content (AvgIpc) is 2.33. The molecule has 2 rings (SSSR count).